The highest BCUT2D eigenvalue weighted by Gasteiger charge is 2.34. The average molecular weight is 334 g/mol. The third-order valence-corrected chi connectivity index (χ3v) is 6.53. The van der Waals surface area contributed by atoms with E-state index in [1.807, 2.05) is 19.9 Å². The van der Waals surface area contributed by atoms with Crippen LogP contribution in [0.5, 0.6) is 0 Å². The third-order valence-electron chi connectivity index (χ3n) is 4.78. The quantitative estimate of drug-likeness (QED) is 0.799. The number of hydrogen-bond donors (Lipinski definition) is 0. The maximum Gasteiger partial charge on any atom is 0.151 e. The number of sulfone groups is 1. The Balaban J connectivity index is 1.72. The Labute approximate surface area is 137 Å². The minimum atomic E-state index is -2.84. The first kappa shape index (κ1) is 16.2. The Morgan fingerprint density at radius 1 is 1.26 bits per heavy atom. The number of anilines is 1. The standard InChI is InChI=1S/C16H22N4O2S/c1-12-9-13(2)18-16(15(12)10-17)20-6-4-19(5-7-20)14-3-8-23(21,22)11-14/h9,14H,3-8,11H2,1-2H3/t14-/m1/s1. The normalized spacial score (nSPS) is 24.6. The molecule has 0 bridgehead atoms. The first-order valence-electron chi connectivity index (χ1n) is 7.97. The molecular formula is C16H22N4O2S. The summed E-state index contributed by atoms with van der Waals surface area (Å²) in [5, 5.41) is 9.41. The van der Waals surface area contributed by atoms with Crippen LogP contribution in [0.1, 0.15) is 23.2 Å². The largest absolute Gasteiger partial charge is 0.353 e. The first-order valence-corrected chi connectivity index (χ1v) is 9.79. The van der Waals surface area contributed by atoms with Gasteiger partial charge in [-0.1, -0.05) is 0 Å². The number of aryl methyl sites for hydroxylation is 2. The predicted molar refractivity (Wildman–Crippen MR) is 89.3 cm³/mol. The van der Waals surface area contributed by atoms with Gasteiger partial charge in [-0.3, -0.25) is 4.90 Å². The van der Waals surface area contributed by atoms with E-state index in [0.717, 1.165) is 49.7 Å². The summed E-state index contributed by atoms with van der Waals surface area (Å²) in [5.74, 6) is 1.37. The highest BCUT2D eigenvalue weighted by atomic mass is 32.2. The summed E-state index contributed by atoms with van der Waals surface area (Å²) in [6.45, 7) is 7.08. The highest BCUT2D eigenvalue weighted by Crippen LogP contribution is 2.25. The van der Waals surface area contributed by atoms with Gasteiger partial charge in [0.25, 0.3) is 0 Å². The molecule has 0 radical (unpaired) electrons. The zero-order valence-electron chi connectivity index (χ0n) is 13.6. The monoisotopic (exact) mass is 334 g/mol. The summed E-state index contributed by atoms with van der Waals surface area (Å²) in [7, 11) is -2.84. The fraction of sp³-hybridized carbons (Fsp3) is 0.625. The number of pyridine rings is 1. The van der Waals surface area contributed by atoms with Gasteiger partial charge in [-0.05, 0) is 31.9 Å². The Morgan fingerprint density at radius 3 is 2.52 bits per heavy atom. The second-order valence-corrected chi connectivity index (χ2v) is 8.70. The van der Waals surface area contributed by atoms with Crippen LogP contribution in [0.2, 0.25) is 0 Å². The minimum absolute atomic E-state index is 0.157. The van der Waals surface area contributed by atoms with E-state index in [4.69, 9.17) is 0 Å². The summed E-state index contributed by atoms with van der Waals surface area (Å²) in [6, 6.07) is 4.36. The van der Waals surface area contributed by atoms with Crippen molar-refractivity contribution in [3.05, 3.63) is 22.9 Å². The van der Waals surface area contributed by atoms with Crippen LogP contribution in [-0.4, -0.2) is 62.0 Å². The molecular weight excluding hydrogens is 312 g/mol. The van der Waals surface area contributed by atoms with E-state index in [1.165, 1.54) is 0 Å². The highest BCUT2D eigenvalue weighted by molar-refractivity contribution is 7.91. The van der Waals surface area contributed by atoms with Gasteiger partial charge in [0, 0.05) is 37.9 Å². The molecule has 1 aromatic rings. The molecule has 1 atom stereocenters. The molecule has 0 spiro atoms. The molecule has 0 aromatic carbocycles. The lowest BCUT2D eigenvalue weighted by Crippen LogP contribution is -2.51. The summed E-state index contributed by atoms with van der Waals surface area (Å²) in [4.78, 5) is 8.99. The second kappa shape index (κ2) is 6.10. The van der Waals surface area contributed by atoms with Crippen molar-refractivity contribution in [2.75, 3.05) is 42.6 Å². The topological polar surface area (TPSA) is 77.3 Å². The third kappa shape index (κ3) is 3.33. The molecule has 0 saturated carbocycles. The van der Waals surface area contributed by atoms with Gasteiger partial charge in [-0.15, -0.1) is 0 Å². The van der Waals surface area contributed by atoms with Gasteiger partial charge in [0.05, 0.1) is 17.1 Å². The van der Waals surface area contributed by atoms with Crippen molar-refractivity contribution in [1.82, 2.24) is 9.88 Å². The van der Waals surface area contributed by atoms with E-state index in [9.17, 15) is 13.7 Å². The van der Waals surface area contributed by atoms with E-state index >= 15 is 0 Å². The molecule has 0 amide bonds. The van der Waals surface area contributed by atoms with E-state index in [-0.39, 0.29) is 11.8 Å². The lowest BCUT2D eigenvalue weighted by atomic mass is 10.1. The van der Waals surface area contributed by atoms with Crippen molar-refractivity contribution in [2.24, 2.45) is 0 Å². The zero-order chi connectivity index (χ0) is 16.6. The lowest BCUT2D eigenvalue weighted by Gasteiger charge is -2.38. The van der Waals surface area contributed by atoms with Gasteiger partial charge in [-0.2, -0.15) is 5.26 Å². The van der Waals surface area contributed by atoms with Crippen molar-refractivity contribution in [3.8, 4) is 6.07 Å². The molecule has 2 saturated heterocycles. The maximum atomic E-state index is 11.6. The SMILES string of the molecule is Cc1cc(C)c(C#N)c(N2CCN([C@@H]3CCS(=O)(=O)C3)CC2)n1. The molecule has 3 heterocycles. The molecule has 0 unspecified atom stereocenters. The van der Waals surface area contributed by atoms with Crippen molar-refractivity contribution in [2.45, 2.75) is 26.3 Å². The van der Waals surface area contributed by atoms with Crippen molar-refractivity contribution < 1.29 is 8.42 Å². The second-order valence-electron chi connectivity index (χ2n) is 6.47. The van der Waals surface area contributed by atoms with Gasteiger partial charge < -0.3 is 4.90 Å². The smallest absolute Gasteiger partial charge is 0.151 e. The van der Waals surface area contributed by atoms with Gasteiger partial charge in [0.1, 0.15) is 11.9 Å². The van der Waals surface area contributed by atoms with Crippen LogP contribution in [0, 0.1) is 25.2 Å². The molecule has 0 aliphatic carbocycles. The number of rotatable bonds is 2. The molecule has 3 rings (SSSR count). The fourth-order valence-electron chi connectivity index (χ4n) is 3.55. The van der Waals surface area contributed by atoms with Crippen LogP contribution in [0.25, 0.3) is 0 Å². The van der Waals surface area contributed by atoms with Gasteiger partial charge >= 0.3 is 0 Å². The molecule has 1 aromatic heterocycles. The lowest BCUT2D eigenvalue weighted by molar-refractivity contribution is 0.200. The number of hydrogen-bond acceptors (Lipinski definition) is 6. The Morgan fingerprint density at radius 2 is 1.96 bits per heavy atom. The average Bonchev–Trinajstić information content (AvgIpc) is 2.87. The van der Waals surface area contributed by atoms with Crippen molar-refractivity contribution >= 4 is 15.7 Å². The maximum absolute atomic E-state index is 11.6. The molecule has 124 valence electrons. The number of nitriles is 1. The Hall–Kier alpha value is -1.65. The fourth-order valence-corrected chi connectivity index (χ4v) is 5.31. The van der Waals surface area contributed by atoms with Crippen LogP contribution in [0.15, 0.2) is 6.07 Å². The van der Waals surface area contributed by atoms with Crippen LogP contribution >= 0.6 is 0 Å². The number of nitrogens with zero attached hydrogens (tertiary/aromatic N) is 4. The van der Waals surface area contributed by atoms with Crippen LogP contribution in [0.3, 0.4) is 0 Å². The summed E-state index contributed by atoms with van der Waals surface area (Å²) < 4.78 is 23.3. The van der Waals surface area contributed by atoms with Crippen LogP contribution in [0.4, 0.5) is 5.82 Å². The Kier molecular flexibility index (Phi) is 4.30. The molecule has 2 aliphatic rings. The van der Waals surface area contributed by atoms with Crippen LogP contribution in [-0.2, 0) is 9.84 Å². The van der Waals surface area contributed by atoms with E-state index in [1.54, 1.807) is 0 Å². The van der Waals surface area contributed by atoms with Gasteiger partial charge in [0.2, 0.25) is 0 Å². The van der Waals surface area contributed by atoms with Gasteiger partial charge in [-0.25, -0.2) is 13.4 Å². The van der Waals surface area contributed by atoms with E-state index < -0.39 is 9.84 Å². The minimum Gasteiger partial charge on any atom is -0.353 e. The summed E-state index contributed by atoms with van der Waals surface area (Å²) in [6.07, 6.45) is 0.744. The number of aromatic nitrogens is 1. The summed E-state index contributed by atoms with van der Waals surface area (Å²) in [5.41, 5.74) is 2.52. The Bertz CT molecular complexity index is 746. The van der Waals surface area contributed by atoms with E-state index in [2.05, 4.69) is 20.9 Å². The van der Waals surface area contributed by atoms with E-state index in [0.29, 0.717) is 11.3 Å². The first-order chi connectivity index (χ1) is 10.9. The van der Waals surface area contributed by atoms with Crippen molar-refractivity contribution in [3.63, 3.8) is 0 Å². The molecule has 2 aliphatic heterocycles. The zero-order valence-corrected chi connectivity index (χ0v) is 14.4. The molecule has 23 heavy (non-hydrogen) atoms. The van der Waals surface area contributed by atoms with Gasteiger partial charge in [0.15, 0.2) is 9.84 Å². The summed E-state index contributed by atoms with van der Waals surface area (Å²) >= 11 is 0. The van der Waals surface area contributed by atoms with Crippen LogP contribution < -0.4 is 4.90 Å². The molecule has 7 heteroatoms. The number of piperazine rings is 1. The molecule has 2 fully saturated rings. The van der Waals surface area contributed by atoms with Crippen molar-refractivity contribution in [1.29, 1.82) is 5.26 Å². The predicted octanol–water partition coefficient (Wildman–Crippen LogP) is 0.879. The molecule has 0 N–H and O–H groups in total. The molecule has 6 nitrogen and oxygen atoms in total.